The van der Waals surface area contributed by atoms with Crippen LogP contribution in [0.5, 0.6) is 0 Å². The van der Waals surface area contributed by atoms with Gasteiger partial charge in [0.15, 0.2) is 0 Å². The molecule has 7 heteroatoms. The molecule has 1 fully saturated rings. The van der Waals surface area contributed by atoms with Gasteiger partial charge < -0.3 is 15.4 Å². The fourth-order valence-electron chi connectivity index (χ4n) is 3.60. The molecule has 0 saturated carbocycles. The average Bonchev–Trinajstić information content (AvgIpc) is 3.15. The van der Waals surface area contributed by atoms with Crippen molar-refractivity contribution in [2.75, 3.05) is 18.5 Å². The topological polar surface area (TPSA) is 89.0 Å². The van der Waals surface area contributed by atoms with E-state index in [0.29, 0.717) is 24.7 Å². The molecular formula is C22H25N5O2. The summed E-state index contributed by atoms with van der Waals surface area (Å²) in [5.74, 6) is 0.539. The van der Waals surface area contributed by atoms with Crippen LogP contribution in [0.25, 0.3) is 10.9 Å². The van der Waals surface area contributed by atoms with Crippen molar-refractivity contribution in [3.63, 3.8) is 0 Å². The first-order valence-electron chi connectivity index (χ1n) is 9.90. The molecular weight excluding hydrogens is 366 g/mol. The van der Waals surface area contributed by atoms with Crippen LogP contribution < -0.4 is 10.6 Å². The summed E-state index contributed by atoms with van der Waals surface area (Å²) in [7, 11) is 0. The van der Waals surface area contributed by atoms with Crippen LogP contribution >= 0.6 is 0 Å². The number of hydrogen-bond acceptors (Lipinski definition) is 6. The van der Waals surface area contributed by atoms with E-state index >= 15 is 0 Å². The van der Waals surface area contributed by atoms with Crippen molar-refractivity contribution in [2.45, 2.75) is 32.4 Å². The number of benzene rings is 1. The zero-order valence-corrected chi connectivity index (χ0v) is 16.6. The molecule has 3 aromatic rings. The number of nitrogens with one attached hydrogen (secondary N) is 2. The van der Waals surface area contributed by atoms with E-state index in [-0.39, 0.29) is 23.9 Å². The Kier molecular flexibility index (Phi) is 5.67. The SMILES string of the molecule is CC(C)Nc1ncc(C(=O)N[C@H]2COC[C@H]2Cc2ccnc3ccccc23)cn1. The molecule has 2 atom stereocenters. The lowest BCUT2D eigenvalue weighted by Gasteiger charge is -2.20. The summed E-state index contributed by atoms with van der Waals surface area (Å²) in [4.78, 5) is 25.5. The monoisotopic (exact) mass is 391 g/mol. The van der Waals surface area contributed by atoms with Crippen LogP contribution in [0.15, 0.2) is 48.9 Å². The maximum absolute atomic E-state index is 12.7. The van der Waals surface area contributed by atoms with Gasteiger partial charge >= 0.3 is 0 Å². The third kappa shape index (κ3) is 4.51. The summed E-state index contributed by atoms with van der Waals surface area (Å²) in [5.41, 5.74) is 2.65. The number of fused-ring (bicyclic) bond motifs is 1. The van der Waals surface area contributed by atoms with Crippen molar-refractivity contribution in [2.24, 2.45) is 5.92 Å². The van der Waals surface area contributed by atoms with Gasteiger partial charge in [-0.1, -0.05) is 18.2 Å². The lowest BCUT2D eigenvalue weighted by atomic mass is 9.93. The third-order valence-corrected chi connectivity index (χ3v) is 5.07. The maximum Gasteiger partial charge on any atom is 0.254 e. The Labute approximate surface area is 169 Å². The molecule has 1 aromatic carbocycles. The Hall–Kier alpha value is -3.06. The summed E-state index contributed by atoms with van der Waals surface area (Å²) in [6.45, 7) is 5.15. The number of ether oxygens (including phenoxy) is 1. The first-order valence-corrected chi connectivity index (χ1v) is 9.90. The van der Waals surface area contributed by atoms with Gasteiger partial charge in [0, 0.05) is 35.9 Å². The molecule has 0 bridgehead atoms. The van der Waals surface area contributed by atoms with Crippen LogP contribution in [0.1, 0.15) is 29.8 Å². The van der Waals surface area contributed by atoms with E-state index in [1.54, 1.807) is 12.4 Å². The molecule has 1 aliphatic heterocycles. The number of carbonyl (C=O) groups is 1. The van der Waals surface area contributed by atoms with Crippen molar-refractivity contribution < 1.29 is 9.53 Å². The highest BCUT2D eigenvalue weighted by atomic mass is 16.5. The predicted molar refractivity (Wildman–Crippen MR) is 112 cm³/mol. The fraction of sp³-hybridized carbons (Fsp3) is 0.364. The van der Waals surface area contributed by atoms with Gasteiger partial charge in [0.1, 0.15) is 0 Å². The number of aromatic nitrogens is 3. The minimum Gasteiger partial charge on any atom is -0.379 e. The van der Waals surface area contributed by atoms with Crippen molar-refractivity contribution in [1.29, 1.82) is 0 Å². The van der Waals surface area contributed by atoms with Crippen LogP contribution in [0, 0.1) is 5.92 Å². The molecule has 3 heterocycles. The lowest BCUT2D eigenvalue weighted by molar-refractivity contribution is 0.0924. The van der Waals surface area contributed by atoms with Gasteiger partial charge in [-0.05, 0) is 38.0 Å². The highest BCUT2D eigenvalue weighted by molar-refractivity contribution is 5.94. The summed E-state index contributed by atoms with van der Waals surface area (Å²) in [6.07, 6.45) is 5.76. The van der Waals surface area contributed by atoms with E-state index in [1.165, 1.54) is 5.56 Å². The second kappa shape index (κ2) is 8.53. The number of rotatable bonds is 6. The molecule has 1 amide bonds. The molecule has 1 aliphatic rings. The fourth-order valence-corrected chi connectivity index (χ4v) is 3.60. The predicted octanol–water partition coefficient (Wildman–Crippen LogP) is 2.83. The van der Waals surface area contributed by atoms with Crippen LogP contribution in [-0.2, 0) is 11.2 Å². The molecule has 1 saturated heterocycles. The Morgan fingerprint density at radius 2 is 1.93 bits per heavy atom. The molecule has 7 nitrogen and oxygen atoms in total. The lowest BCUT2D eigenvalue weighted by Crippen LogP contribution is -2.40. The first-order chi connectivity index (χ1) is 14.1. The third-order valence-electron chi connectivity index (χ3n) is 5.07. The molecule has 29 heavy (non-hydrogen) atoms. The summed E-state index contributed by atoms with van der Waals surface area (Å²) < 4.78 is 5.68. The van der Waals surface area contributed by atoms with Crippen LogP contribution in [0.3, 0.4) is 0 Å². The quantitative estimate of drug-likeness (QED) is 0.672. The number of anilines is 1. The summed E-state index contributed by atoms with van der Waals surface area (Å²) in [6, 6.07) is 10.3. The molecule has 150 valence electrons. The van der Waals surface area contributed by atoms with E-state index < -0.39 is 0 Å². The standard InChI is InChI=1S/C22H25N5O2/c1-14(2)26-22-24-10-17(11-25-22)21(28)27-20-13-29-12-16(20)9-15-7-8-23-19-6-4-3-5-18(15)19/h3-8,10-11,14,16,20H,9,12-13H2,1-2H3,(H,27,28)(H,24,25,26)/t16-,20+/m1/s1. The zero-order chi connectivity index (χ0) is 20.2. The van der Waals surface area contributed by atoms with Gasteiger partial charge in [-0.2, -0.15) is 0 Å². The Balaban J connectivity index is 1.44. The Morgan fingerprint density at radius 3 is 2.72 bits per heavy atom. The molecule has 0 aliphatic carbocycles. The van der Waals surface area contributed by atoms with Crippen LogP contribution in [-0.4, -0.2) is 46.2 Å². The smallest absolute Gasteiger partial charge is 0.254 e. The van der Waals surface area contributed by atoms with Gasteiger partial charge in [-0.3, -0.25) is 9.78 Å². The Bertz CT molecular complexity index is 985. The zero-order valence-electron chi connectivity index (χ0n) is 16.6. The molecule has 0 spiro atoms. The summed E-state index contributed by atoms with van der Waals surface area (Å²) in [5, 5.41) is 7.35. The molecule has 4 rings (SSSR count). The number of hydrogen-bond donors (Lipinski definition) is 2. The van der Waals surface area contributed by atoms with E-state index in [1.807, 2.05) is 44.3 Å². The highest BCUT2D eigenvalue weighted by Gasteiger charge is 2.30. The average molecular weight is 391 g/mol. The maximum atomic E-state index is 12.7. The van der Waals surface area contributed by atoms with Gasteiger partial charge in [0.05, 0.1) is 30.3 Å². The van der Waals surface area contributed by atoms with Crippen molar-refractivity contribution in [1.82, 2.24) is 20.3 Å². The van der Waals surface area contributed by atoms with E-state index in [4.69, 9.17) is 4.74 Å². The van der Waals surface area contributed by atoms with E-state index in [9.17, 15) is 4.79 Å². The van der Waals surface area contributed by atoms with Crippen LogP contribution in [0.2, 0.25) is 0 Å². The van der Waals surface area contributed by atoms with Crippen LogP contribution in [0.4, 0.5) is 5.95 Å². The second-order valence-corrected chi connectivity index (χ2v) is 7.66. The molecule has 2 aromatic heterocycles. The molecule has 0 radical (unpaired) electrons. The second-order valence-electron chi connectivity index (χ2n) is 7.66. The van der Waals surface area contributed by atoms with Gasteiger partial charge in [-0.15, -0.1) is 0 Å². The normalized spacial score (nSPS) is 18.9. The first kappa shape index (κ1) is 19.3. The molecule has 0 unspecified atom stereocenters. The highest BCUT2D eigenvalue weighted by Crippen LogP contribution is 2.24. The minimum absolute atomic E-state index is 0.0529. The number of para-hydroxylation sites is 1. The Morgan fingerprint density at radius 1 is 1.14 bits per heavy atom. The summed E-state index contributed by atoms with van der Waals surface area (Å²) >= 11 is 0. The molecule has 2 N–H and O–H groups in total. The van der Waals surface area contributed by atoms with E-state index in [0.717, 1.165) is 17.3 Å². The van der Waals surface area contributed by atoms with Gasteiger partial charge in [0.25, 0.3) is 5.91 Å². The largest absolute Gasteiger partial charge is 0.379 e. The van der Waals surface area contributed by atoms with Gasteiger partial charge in [-0.25, -0.2) is 9.97 Å². The minimum atomic E-state index is -0.179. The van der Waals surface area contributed by atoms with E-state index in [2.05, 4.69) is 31.7 Å². The van der Waals surface area contributed by atoms with Crippen molar-refractivity contribution in [3.05, 3.63) is 60.0 Å². The van der Waals surface area contributed by atoms with Crippen molar-refractivity contribution >= 4 is 22.8 Å². The van der Waals surface area contributed by atoms with Crippen molar-refractivity contribution in [3.8, 4) is 0 Å². The number of amides is 1. The number of nitrogens with zero attached hydrogens (tertiary/aromatic N) is 3. The van der Waals surface area contributed by atoms with Gasteiger partial charge in [0.2, 0.25) is 5.95 Å². The number of carbonyl (C=O) groups excluding carboxylic acids is 1. The number of pyridine rings is 1.